The molecular weight excluding hydrogens is 1240 g/mol. The predicted octanol–water partition coefficient (Wildman–Crippen LogP) is -3.91. The van der Waals surface area contributed by atoms with E-state index in [1.165, 1.54) is 48.5 Å². The van der Waals surface area contributed by atoms with Crippen molar-refractivity contribution in [3.05, 3.63) is 95.6 Å². The normalized spacial score (nSPS) is 16.3. The van der Waals surface area contributed by atoms with E-state index in [1.54, 1.807) is 44.2 Å². The molecule has 20 N–H and O–H groups in total. The van der Waals surface area contributed by atoms with E-state index in [2.05, 4.69) is 47.9 Å². The van der Waals surface area contributed by atoms with Crippen LogP contribution in [0.3, 0.4) is 0 Å². The number of aliphatic hydroxyl groups is 3. The molecule has 1 aliphatic rings. The molecule has 1 saturated heterocycles. The molecule has 0 unspecified atom stereocenters. The third kappa shape index (κ3) is 25.6. The van der Waals surface area contributed by atoms with Gasteiger partial charge in [-0.1, -0.05) is 82.3 Å². The summed E-state index contributed by atoms with van der Waals surface area (Å²) >= 11 is 0. The van der Waals surface area contributed by atoms with Gasteiger partial charge in [0, 0.05) is 32.2 Å². The fourth-order valence-electron chi connectivity index (χ4n) is 10.2. The smallest absolute Gasteiger partial charge is 0.326 e. The van der Waals surface area contributed by atoms with Gasteiger partial charge in [0.1, 0.15) is 71.9 Å². The van der Waals surface area contributed by atoms with Gasteiger partial charge in [0.15, 0.2) is 0 Å². The van der Waals surface area contributed by atoms with Gasteiger partial charge in [0.05, 0.1) is 31.8 Å². The van der Waals surface area contributed by atoms with Gasteiger partial charge in [-0.2, -0.15) is 0 Å². The zero-order chi connectivity index (χ0) is 70.8. The number of carboxylic acids is 2. The van der Waals surface area contributed by atoms with E-state index in [9.17, 15) is 98.1 Å². The van der Waals surface area contributed by atoms with Gasteiger partial charge in [-0.15, -0.1) is 0 Å². The van der Waals surface area contributed by atoms with Crippen molar-refractivity contribution < 1.29 is 98.1 Å². The SMILES string of the molecule is CC(C)C[C@H](NC(=O)[C@H](CC(N)=O)NC(=O)[C@H](CCC(=O)O)NC(=O)[C@H](Cc1ccc(O)cc1)NC(=O)[C@H](Cc1ccccc1)NC(=O)[C@H](CO)NC(=O)[C@@H]1CCCN1C(=O)[C@H](CO)NC(=O)[C@@H](NC(=O)[C@H](Cc1ccc(O)cc1)NC(=O)[C@@H](N)CC(C)C)[C@@H](C)O)C(=O)O. The van der Waals surface area contributed by atoms with Gasteiger partial charge in [-0.3, -0.25) is 57.5 Å². The number of aliphatic hydroxyl groups excluding tert-OH is 3. The number of benzene rings is 3. The zero-order valence-corrected chi connectivity index (χ0v) is 53.3. The van der Waals surface area contributed by atoms with Crippen LogP contribution in [0, 0.1) is 11.8 Å². The van der Waals surface area contributed by atoms with E-state index >= 15 is 0 Å². The minimum Gasteiger partial charge on any atom is -0.508 e. The summed E-state index contributed by atoms with van der Waals surface area (Å²) in [4.78, 5) is 177. The fourth-order valence-corrected chi connectivity index (χ4v) is 10.2. The summed E-state index contributed by atoms with van der Waals surface area (Å²) in [6.45, 7) is 5.89. The molecule has 0 aromatic heterocycles. The fraction of sp³-hybridized carbons (Fsp3) is 0.508. The predicted molar refractivity (Wildman–Crippen MR) is 337 cm³/mol. The monoisotopic (exact) mass is 1330 g/mol. The standard InChI is InChI=1S/C63H88N12O20/c1-32(2)24-40(64)53(84)67-44(28-37-15-19-39(80)20-16-37)58(89)74-52(34(5)78)61(92)73-48(31-77)62(93)75-23-9-12-49(75)60(91)72-47(30-76)59(90)69-42(26-35-10-7-6-8-11-35)56(87)68-43(27-36-13-17-38(79)18-14-36)55(86)66-41(21-22-51(82)83)54(85)70-45(29-50(65)81)57(88)71-46(63(94)95)25-33(3)4/h6-8,10-11,13-20,32-34,40-49,52,76-80H,9,12,21-31,64H2,1-5H3,(H2,65,81)(H,66,86)(H,67,84)(H,68,87)(H,69,90)(H,70,85)(H,71,88)(H,72,91)(H,73,92)(H,74,89)(H,82,83)(H,94,95)/t34-,40+,41+,42+,43+,44+,45+,46+,47+,48+,49+,52+/m1/s1. The number of nitrogens with two attached hydrogens (primary N) is 2. The van der Waals surface area contributed by atoms with E-state index in [0.717, 1.165) is 11.8 Å². The number of aromatic hydroxyl groups is 2. The number of carbonyl (C=O) groups excluding carboxylic acids is 11. The first kappa shape index (κ1) is 77.7. The number of amides is 11. The van der Waals surface area contributed by atoms with E-state index in [0.29, 0.717) is 16.7 Å². The van der Waals surface area contributed by atoms with Gasteiger partial charge in [-0.05, 0) is 91.8 Å². The Balaban J connectivity index is 1.56. The highest BCUT2D eigenvalue weighted by Crippen LogP contribution is 2.21. The molecule has 12 atom stereocenters. The van der Waals surface area contributed by atoms with Crippen LogP contribution in [0.15, 0.2) is 78.9 Å². The summed E-state index contributed by atoms with van der Waals surface area (Å²) in [7, 11) is 0. The Bertz CT molecular complexity index is 3150. The number of aliphatic carboxylic acids is 2. The highest BCUT2D eigenvalue weighted by Gasteiger charge is 2.41. The highest BCUT2D eigenvalue weighted by molar-refractivity contribution is 6.00. The number of phenols is 2. The van der Waals surface area contributed by atoms with Crippen LogP contribution >= 0.6 is 0 Å². The molecule has 11 amide bonds. The van der Waals surface area contributed by atoms with E-state index < -0.39 is 188 Å². The Morgan fingerprint density at radius 1 is 0.505 bits per heavy atom. The van der Waals surface area contributed by atoms with Crippen molar-refractivity contribution in [3.63, 3.8) is 0 Å². The maximum atomic E-state index is 14.6. The number of nitrogens with zero attached hydrogens (tertiary/aromatic N) is 1. The lowest BCUT2D eigenvalue weighted by Gasteiger charge is -2.31. The second kappa shape index (κ2) is 37.8. The van der Waals surface area contributed by atoms with Crippen molar-refractivity contribution in [1.29, 1.82) is 0 Å². The molecule has 0 radical (unpaired) electrons. The molecule has 520 valence electrons. The number of hydrogen-bond acceptors (Lipinski definition) is 19. The first-order chi connectivity index (χ1) is 44.8. The Morgan fingerprint density at radius 3 is 1.39 bits per heavy atom. The molecule has 0 bridgehead atoms. The van der Waals surface area contributed by atoms with Crippen LogP contribution < -0.4 is 59.3 Å². The number of rotatable bonds is 38. The summed E-state index contributed by atoms with van der Waals surface area (Å²) < 4.78 is 0. The number of hydrogen-bond donors (Lipinski definition) is 18. The average Bonchev–Trinajstić information content (AvgIpc) is 1.79. The average molecular weight is 1330 g/mol. The summed E-state index contributed by atoms with van der Waals surface area (Å²) in [6, 6.07) is 1.26. The molecule has 1 aliphatic heterocycles. The van der Waals surface area contributed by atoms with Gasteiger partial charge >= 0.3 is 11.9 Å². The Hall–Kier alpha value is -9.79. The molecule has 4 rings (SSSR count). The van der Waals surface area contributed by atoms with Crippen LogP contribution in [0.1, 0.15) is 96.3 Å². The maximum Gasteiger partial charge on any atom is 0.326 e. The Morgan fingerprint density at radius 2 is 0.926 bits per heavy atom. The Kier molecular flexibility index (Phi) is 30.9. The second-order valence-electron chi connectivity index (χ2n) is 24.0. The second-order valence-corrected chi connectivity index (χ2v) is 24.0. The molecule has 0 saturated carbocycles. The summed E-state index contributed by atoms with van der Waals surface area (Å²) in [5.74, 6) is -15.1. The van der Waals surface area contributed by atoms with Crippen LogP contribution in [0.25, 0.3) is 0 Å². The summed E-state index contributed by atoms with van der Waals surface area (Å²) in [6.07, 6.45) is -4.46. The van der Waals surface area contributed by atoms with Crippen LogP contribution in [-0.2, 0) is 81.6 Å². The quantitative estimate of drug-likeness (QED) is 0.0261. The topological polar surface area (TPSA) is 527 Å². The largest absolute Gasteiger partial charge is 0.508 e. The van der Waals surface area contributed by atoms with Crippen molar-refractivity contribution in [1.82, 2.24) is 52.8 Å². The molecular formula is C63H88N12O20. The van der Waals surface area contributed by atoms with Crippen molar-refractivity contribution in [2.75, 3.05) is 19.8 Å². The van der Waals surface area contributed by atoms with Gasteiger partial charge < -0.3 is 100.0 Å². The van der Waals surface area contributed by atoms with Crippen molar-refractivity contribution in [2.24, 2.45) is 23.3 Å². The Labute approximate surface area is 547 Å². The van der Waals surface area contributed by atoms with E-state index in [4.69, 9.17) is 11.5 Å². The molecule has 1 fully saturated rings. The molecule has 32 heteroatoms. The minimum absolute atomic E-state index is 0.00459. The lowest BCUT2D eigenvalue weighted by atomic mass is 10.0. The molecule has 0 spiro atoms. The van der Waals surface area contributed by atoms with Crippen LogP contribution in [0.5, 0.6) is 11.5 Å². The summed E-state index contributed by atoms with van der Waals surface area (Å²) in [5.41, 5.74) is 12.7. The third-order valence-electron chi connectivity index (χ3n) is 15.1. The van der Waals surface area contributed by atoms with Gasteiger partial charge in [0.2, 0.25) is 65.0 Å². The van der Waals surface area contributed by atoms with Crippen molar-refractivity contribution in [2.45, 2.75) is 171 Å². The lowest BCUT2D eigenvalue weighted by molar-refractivity contribution is -0.144. The van der Waals surface area contributed by atoms with Crippen LogP contribution in [0.4, 0.5) is 0 Å². The highest BCUT2D eigenvalue weighted by atomic mass is 16.4. The molecule has 0 aliphatic carbocycles. The van der Waals surface area contributed by atoms with Crippen molar-refractivity contribution in [3.8, 4) is 11.5 Å². The van der Waals surface area contributed by atoms with Crippen molar-refractivity contribution >= 4 is 76.9 Å². The third-order valence-corrected chi connectivity index (χ3v) is 15.1. The molecule has 32 nitrogen and oxygen atoms in total. The number of carbonyl (C=O) groups is 13. The lowest BCUT2D eigenvalue weighted by Crippen LogP contribution is -2.62. The van der Waals surface area contributed by atoms with Gasteiger partial charge in [0.25, 0.3) is 0 Å². The first-order valence-electron chi connectivity index (χ1n) is 30.8. The van der Waals surface area contributed by atoms with Crippen LogP contribution in [-0.4, -0.2) is 210 Å². The van der Waals surface area contributed by atoms with Crippen LogP contribution in [0.2, 0.25) is 0 Å². The van der Waals surface area contributed by atoms with E-state index in [1.807, 2.05) is 13.8 Å². The zero-order valence-electron chi connectivity index (χ0n) is 53.3. The number of phenolic OH excluding ortho intramolecular Hbond substituents is 2. The van der Waals surface area contributed by atoms with Gasteiger partial charge in [-0.25, -0.2) is 4.79 Å². The summed E-state index contributed by atoms with van der Waals surface area (Å²) in [5, 5.41) is 92.6. The molecule has 3 aromatic rings. The minimum atomic E-state index is -1.85. The molecule has 95 heavy (non-hydrogen) atoms. The molecule has 1 heterocycles. The molecule has 3 aromatic carbocycles. The maximum absolute atomic E-state index is 14.6. The number of carboxylic acid groups (broad SMARTS) is 2. The first-order valence-corrected chi connectivity index (χ1v) is 30.8. The van der Waals surface area contributed by atoms with E-state index in [-0.39, 0.29) is 68.4 Å². The number of primary amides is 1. The number of likely N-dealkylation sites (tertiary alicyclic amines) is 1. The number of nitrogens with one attached hydrogen (secondary N) is 9.